The number of fused-ring (bicyclic) bond motifs is 1. The van der Waals surface area contributed by atoms with Gasteiger partial charge in [-0.3, -0.25) is 4.79 Å². The van der Waals surface area contributed by atoms with E-state index in [1.165, 1.54) is 12.1 Å². The smallest absolute Gasteiger partial charge is 0.228 e. The zero-order valence-electron chi connectivity index (χ0n) is 12.5. The van der Waals surface area contributed by atoms with Gasteiger partial charge in [-0.15, -0.1) is 0 Å². The fourth-order valence-electron chi connectivity index (χ4n) is 2.44. The summed E-state index contributed by atoms with van der Waals surface area (Å²) in [7, 11) is -3.23. The molecule has 0 radical (unpaired) electrons. The molecule has 3 aromatic rings. The van der Waals surface area contributed by atoms with Crippen LogP contribution in [0.2, 0.25) is 0 Å². The van der Waals surface area contributed by atoms with Gasteiger partial charge in [-0.2, -0.15) is 0 Å². The summed E-state index contributed by atoms with van der Waals surface area (Å²) in [5.74, 6) is -0.151. The van der Waals surface area contributed by atoms with Crippen LogP contribution in [0.1, 0.15) is 5.56 Å². The van der Waals surface area contributed by atoms with Crippen molar-refractivity contribution >= 4 is 32.3 Å². The largest absolute Gasteiger partial charge is 0.361 e. The number of aromatic nitrogens is 1. The summed E-state index contributed by atoms with van der Waals surface area (Å²) in [6, 6.07) is 13.9. The van der Waals surface area contributed by atoms with E-state index in [2.05, 4.69) is 10.3 Å². The van der Waals surface area contributed by atoms with Crippen LogP contribution in [0.5, 0.6) is 0 Å². The van der Waals surface area contributed by atoms with E-state index in [0.717, 1.165) is 22.7 Å². The molecule has 2 N–H and O–H groups in total. The van der Waals surface area contributed by atoms with Crippen LogP contribution in [0.4, 0.5) is 5.69 Å². The van der Waals surface area contributed by atoms with Gasteiger partial charge < -0.3 is 10.3 Å². The highest BCUT2D eigenvalue weighted by molar-refractivity contribution is 7.90. The summed E-state index contributed by atoms with van der Waals surface area (Å²) in [4.78, 5) is 15.5. The third-order valence-corrected chi connectivity index (χ3v) is 4.72. The molecule has 0 spiro atoms. The van der Waals surface area contributed by atoms with Gasteiger partial charge >= 0.3 is 0 Å². The molecule has 23 heavy (non-hydrogen) atoms. The van der Waals surface area contributed by atoms with Crippen molar-refractivity contribution in [2.45, 2.75) is 11.3 Å². The highest BCUT2D eigenvalue weighted by atomic mass is 32.2. The minimum Gasteiger partial charge on any atom is -0.361 e. The zero-order valence-corrected chi connectivity index (χ0v) is 13.4. The van der Waals surface area contributed by atoms with Crippen molar-refractivity contribution in [1.29, 1.82) is 0 Å². The summed E-state index contributed by atoms with van der Waals surface area (Å²) in [6.45, 7) is 0. The molecule has 0 atom stereocenters. The summed E-state index contributed by atoms with van der Waals surface area (Å²) in [5, 5.41) is 3.80. The maximum atomic E-state index is 12.2. The molecule has 1 amide bonds. The molecule has 3 rings (SSSR count). The lowest BCUT2D eigenvalue weighted by Gasteiger charge is -2.06. The first-order valence-corrected chi connectivity index (χ1v) is 8.97. The molecule has 0 fully saturated rings. The summed E-state index contributed by atoms with van der Waals surface area (Å²) in [6.07, 6.45) is 3.23. The number of H-pyrrole nitrogens is 1. The average molecular weight is 328 g/mol. The van der Waals surface area contributed by atoms with Crippen LogP contribution >= 0.6 is 0 Å². The molecule has 1 aromatic heterocycles. The lowest BCUT2D eigenvalue weighted by Crippen LogP contribution is -2.14. The highest BCUT2D eigenvalue weighted by Crippen LogP contribution is 2.19. The normalized spacial score (nSPS) is 11.5. The summed E-state index contributed by atoms with van der Waals surface area (Å²) >= 11 is 0. The van der Waals surface area contributed by atoms with Crippen LogP contribution in [0, 0.1) is 0 Å². The molecular formula is C17H16N2O3S. The Morgan fingerprint density at radius 1 is 1.09 bits per heavy atom. The number of amides is 1. The zero-order chi connectivity index (χ0) is 16.4. The first kappa shape index (κ1) is 15.3. The van der Waals surface area contributed by atoms with Crippen molar-refractivity contribution in [3.8, 4) is 0 Å². The number of carbonyl (C=O) groups is 1. The Balaban J connectivity index is 1.72. The van der Waals surface area contributed by atoms with Crippen molar-refractivity contribution < 1.29 is 13.2 Å². The van der Waals surface area contributed by atoms with E-state index in [1.807, 2.05) is 30.5 Å². The van der Waals surface area contributed by atoms with Gasteiger partial charge in [-0.1, -0.05) is 18.2 Å². The number of anilines is 1. The number of para-hydroxylation sites is 1. The van der Waals surface area contributed by atoms with Crippen LogP contribution in [0.25, 0.3) is 10.9 Å². The van der Waals surface area contributed by atoms with Crippen LogP contribution < -0.4 is 5.32 Å². The van der Waals surface area contributed by atoms with Crippen molar-refractivity contribution in [2.24, 2.45) is 0 Å². The first-order chi connectivity index (χ1) is 10.9. The predicted molar refractivity (Wildman–Crippen MR) is 90.2 cm³/mol. The Kier molecular flexibility index (Phi) is 3.92. The van der Waals surface area contributed by atoms with Gasteiger partial charge in [0.15, 0.2) is 9.84 Å². The fraction of sp³-hybridized carbons (Fsp3) is 0.118. The van der Waals surface area contributed by atoms with Crippen LogP contribution in [-0.4, -0.2) is 25.6 Å². The van der Waals surface area contributed by atoms with E-state index in [4.69, 9.17) is 0 Å². The van der Waals surface area contributed by atoms with Gasteiger partial charge in [0.2, 0.25) is 5.91 Å². The van der Waals surface area contributed by atoms with E-state index in [9.17, 15) is 13.2 Å². The Hall–Kier alpha value is -2.60. The van der Waals surface area contributed by atoms with Crippen molar-refractivity contribution in [2.75, 3.05) is 11.6 Å². The molecule has 5 nitrogen and oxygen atoms in total. The van der Waals surface area contributed by atoms with E-state index < -0.39 is 9.84 Å². The van der Waals surface area contributed by atoms with Gasteiger partial charge in [-0.25, -0.2) is 8.42 Å². The molecule has 0 saturated heterocycles. The number of sulfone groups is 1. The minimum absolute atomic E-state index is 0.151. The highest BCUT2D eigenvalue weighted by Gasteiger charge is 2.10. The lowest BCUT2D eigenvalue weighted by molar-refractivity contribution is -0.115. The molecular weight excluding hydrogens is 312 g/mol. The maximum Gasteiger partial charge on any atom is 0.228 e. The molecule has 0 aliphatic rings. The van der Waals surface area contributed by atoms with Crippen molar-refractivity contribution in [3.05, 3.63) is 60.3 Å². The summed E-state index contributed by atoms with van der Waals surface area (Å²) in [5.41, 5.74) is 2.49. The SMILES string of the molecule is CS(=O)(=O)c1ccc(NC(=O)Cc2c[nH]c3ccccc23)cc1. The lowest BCUT2D eigenvalue weighted by atomic mass is 10.1. The number of carbonyl (C=O) groups excluding carboxylic acids is 1. The van der Waals surface area contributed by atoms with Crippen molar-refractivity contribution in [3.63, 3.8) is 0 Å². The van der Waals surface area contributed by atoms with Gasteiger partial charge in [0.25, 0.3) is 0 Å². The first-order valence-electron chi connectivity index (χ1n) is 7.08. The molecule has 0 aliphatic heterocycles. The van der Waals surface area contributed by atoms with E-state index >= 15 is 0 Å². The Bertz CT molecular complexity index is 957. The maximum absolute atomic E-state index is 12.2. The second kappa shape index (κ2) is 5.89. The molecule has 0 bridgehead atoms. The second-order valence-corrected chi connectivity index (χ2v) is 7.40. The van der Waals surface area contributed by atoms with Gasteiger partial charge in [-0.05, 0) is 35.9 Å². The number of rotatable bonds is 4. The van der Waals surface area contributed by atoms with Crippen LogP contribution in [-0.2, 0) is 21.1 Å². The number of aromatic amines is 1. The Morgan fingerprint density at radius 2 is 1.78 bits per heavy atom. The van der Waals surface area contributed by atoms with Crippen molar-refractivity contribution in [1.82, 2.24) is 4.98 Å². The molecule has 0 unspecified atom stereocenters. The standard InChI is InChI=1S/C17H16N2O3S/c1-23(21,22)14-8-6-13(7-9-14)19-17(20)10-12-11-18-16-5-3-2-4-15(12)16/h2-9,11,18H,10H2,1H3,(H,19,20). The number of benzene rings is 2. The van der Waals surface area contributed by atoms with E-state index in [-0.39, 0.29) is 17.2 Å². The number of hydrogen-bond donors (Lipinski definition) is 2. The molecule has 1 heterocycles. The predicted octanol–water partition coefficient (Wildman–Crippen LogP) is 2.75. The summed E-state index contributed by atoms with van der Waals surface area (Å²) < 4.78 is 22.8. The van der Waals surface area contributed by atoms with Gasteiger partial charge in [0, 0.05) is 29.0 Å². The third kappa shape index (κ3) is 3.43. The molecule has 118 valence electrons. The monoisotopic (exact) mass is 328 g/mol. The topological polar surface area (TPSA) is 79.0 Å². The quantitative estimate of drug-likeness (QED) is 0.773. The number of hydrogen-bond acceptors (Lipinski definition) is 3. The molecule has 6 heteroatoms. The Labute approximate surface area is 134 Å². The van der Waals surface area contributed by atoms with Crippen LogP contribution in [0.3, 0.4) is 0 Å². The fourth-order valence-corrected chi connectivity index (χ4v) is 3.07. The molecule has 0 aliphatic carbocycles. The number of nitrogens with one attached hydrogen (secondary N) is 2. The van der Waals surface area contributed by atoms with Gasteiger partial charge in [0.1, 0.15) is 0 Å². The average Bonchev–Trinajstić information content (AvgIpc) is 2.90. The second-order valence-electron chi connectivity index (χ2n) is 5.38. The van der Waals surface area contributed by atoms with E-state index in [1.54, 1.807) is 12.1 Å². The molecule has 2 aromatic carbocycles. The van der Waals surface area contributed by atoms with Gasteiger partial charge in [0.05, 0.1) is 11.3 Å². The Morgan fingerprint density at radius 3 is 2.48 bits per heavy atom. The third-order valence-electron chi connectivity index (χ3n) is 3.59. The molecule has 0 saturated carbocycles. The van der Waals surface area contributed by atoms with Crippen LogP contribution in [0.15, 0.2) is 59.6 Å². The van der Waals surface area contributed by atoms with E-state index in [0.29, 0.717) is 5.69 Å². The minimum atomic E-state index is -3.23.